The molecule has 0 spiro atoms. The van der Waals surface area contributed by atoms with Gasteiger partial charge >= 0.3 is 0 Å². The first kappa shape index (κ1) is 9.13. The van der Waals surface area contributed by atoms with Crippen LogP contribution in [0.15, 0.2) is 23.7 Å². The van der Waals surface area contributed by atoms with Gasteiger partial charge in [0.2, 0.25) is 0 Å². The van der Waals surface area contributed by atoms with Crippen molar-refractivity contribution in [2.75, 3.05) is 13.9 Å². The minimum Gasteiger partial charge on any atom is -0.504 e. The fraction of sp³-hybridized carbons (Fsp3) is 0.556. The molecule has 0 saturated carbocycles. The van der Waals surface area contributed by atoms with Gasteiger partial charge < -0.3 is 14.6 Å². The number of ether oxygens (including phenoxy) is 2. The number of rotatable bonds is 3. The lowest BCUT2D eigenvalue weighted by Crippen LogP contribution is -2.05. The quantitative estimate of drug-likeness (QED) is 0.658. The Morgan fingerprint density at radius 2 is 2.42 bits per heavy atom. The standard InChI is InChI=1S/C9H14O3/c1-7-3-4-9(8(10)5-7)12-6-11-2/h4-5,7,10H,3,6H2,1-2H3. The summed E-state index contributed by atoms with van der Waals surface area (Å²) in [5, 5.41) is 9.38. The summed E-state index contributed by atoms with van der Waals surface area (Å²) in [4.78, 5) is 0. The van der Waals surface area contributed by atoms with Crippen molar-refractivity contribution in [3.8, 4) is 0 Å². The van der Waals surface area contributed by atoms with Gasteiger partial charge in [-0.05, 0) is 24.5 Å². The first-order chi connectivity index (χ1) is 5.74. The third-order valence-corrected chi connectivity index (χ3v) is 1.70. The van der Waals surface area contributed by atoms with E-state index in [4.69, 9.17) is 9.47 Å². The second-order valence-electron chi connectivity index (χ2n) is 2.88. The molecule has 0 amide bonds. The van der Waals surface area contributed by atoms with Crippen LogP contribution in [0.1, 0.15) is 13.3 Å². The molecular formula is C9H14O3. The SMILES string of the molecule is COCOC1=CCC(C)C=C1O. The minimum atomic E-state index is 0.179. The van der Waals surface area contributed by atoms with Crippen LogP contribution in [0, 0.1) is 5.92 Å². The number of allylic oxidation sites excluding steroid dienone is 2. The van der Waals surface area contributed by atoms with Crippen molar-refractivity contribution in [1.82, 2.24) is 0 Å². The summed E-state index contributed by atoms with van der Waals surface area (Å²) in [7, 11) is 1.55. The molecule has 0 aromatic heterocycles. The number of aliphatic hydroxyl groups excluding tert-OH is 1. The molecular weight excluding hydrogens is 156 g/mol. The summed E-state index contributed by atoms with van der Waals surface area (Å²) in [6, 6.07) is 0. The molecule has 12 heavy (non-hydrogen) atoms. The molecule has 1 atom stereocenters. The average molecular weight is 170 g/mol. The summed E-state index contributed by atoms with van der Waals surface area (Å²) >= 11 is 0. The minimum absolute atomic E-state index is 0.179. The van der Waals surface area contributed by atoms with Crippen LogP contribution >= 0.6 is 0 Å². The van der Waals surface area contributed by atoms with Gasteiger partial charge in [0.15, 0.2) is 18.3 Å². The Bertz CT molecular complexity index is 206. The lowest BCUT2D eigenvalue weighted by Gasteiger charge is -2.15. The molecule has 0 aromatic carbocycles. The first-order valence-electron chi connectivity index (χ1n) is 3.97. The maximum atomic E-state index is 9.38. The molecule has 3 nitrogen and oxygen atoms in total. The number of methoxy groups -OCH3 is 1. The van der Waals surface area contributed by atoms with Crippen molar-refractivity contribution in [3.05, 3.63) is 23.7 Å². The Morgan fingerprint density at radius 3 is 3.00 bits per heavy atom. The van der Waals surface area contributed by atoms with Crippen LogP contribution in [0.5, 0.6) is 0 Å². The highest BCUT2D eigenvalue weighted by atomic mass is 16.7. The molecule has 1 aliphatic rings. The lowest BCUT2D eigenvalue weighted by atomic mass is 10.0. The van der Waals surface area contributed by atoms with Gasteiger partial charge in [-0.1, -0.05) is 6.92 Å². The number of hydrogen-bond acceptors (Lipinski definition) is 3. The van der Waals surface area contributed by atoms with Gasteiger partial charge in [0.1, 0.15) is 0 Å². The molecule has 0 heterocycles. The first-order valence-corrected chi connectivity index (χ1v) is 3.97. The van der Waals surface area contributed by atoms with Crippen molar-refractivity contribution < 1.29 is 14.6 Å². The third-order valence-electron chi connectivity index (χ3n) is 1.70. The second-order valence-corrected chi connectivity index (χ2v) is 2.88. The van der Waals surface area contributed by atoms with Crippen molar-refractivity contribution in [2.45, 2.75) is 13.3 Å². The van der Waals surface area contributed by atoms with Gasteiger partial charge in [0.25, 0.3) is 0 Å². The van der Waals surface area contributed by atoms with Gasteiger partial charge in [-0.3, -0.25) is 0 Å². The van der Waals surface area contributed by atoms with Crippen LogP contribution in [0.4, 0.5) is 0 Å². The molecule has 0 aromatic rings. The third kappa shape index (κ3) is 2.27. The highest BCUT2D eigenvalue weighted by molar-refractivity contribution is 5.23. The Balaban J connectivity index is 2.49. The number of hydrogen-bond donors (Lipinski definition) is 1. The summed E-state index contributed by atoms with van der Waals surface area (Å²) in [5.74, 6) is 1.13. The Labute approximate surface area is 72.3 Å². The van der Waals surface area contributed by atoms with Gasteiger partial charge in [-0.2, -0.15) is 0 Å². The van der Waals surface area contributed by atoms with Gasteiger partial charge in [-0.25, -0.2) is 0 Å². The highest BCUT2D eigenvalue weighted by Gasteiger charge is 2.12. The van der Waals surface area contributed by atoms with Crippen LogP contribution < -0.4 is 0 Å². The monoisotopic (exact) mass is 170 g/mol. The van der Waals surface area contributed by atoms with Crippen LogP contribution in [0.2, 0.25) is 0 Å². The summed E-state index contributed by atoms with van der Waals surface area (Å²) in [5.41, 5.74) is 0. The van der Waals surface area contributed by atoms with E-state index in [1.54, 1.807) is 13.2 Å². The van der Waals surface area contributed by atoms with Crippen LogP contribution in [-0.2, 0) is 9.47 Å². The Morgan fingerprint density at radius 1 is 1.67 bits per heavy atom. The van der Waals surface area contributed by atoms with E-state index in [2.05, 4.69) is 0 Å². The molecule has 3 heteroatoms. The summed E-state index contributed by atoms with van der Waals surface area (Å²) in [6.07, 6.45) is 4.56. The molecule has 0 bridgehead atoms. The van der Waals surface area contributed by atoms with E-state index in [-0.39, 0.29) is 12.6 Å². The Hall–Kier alpha value is -0.960. The smallest absolute Gasteiger partial charge is 0.188 e. The highest BCUT2D eigenvalue weighted by Crippen LogP contribution is 2.21. The van der Waals surface area contributed by atoms with E-state index in [1.165, 1.54) is 0 Å². The molecule has 0 saturated heterocycles. The van der Waals surface area contributed by atoms with Crippen LogP contribution in [-0.4, -0.2) is 19.0 Å². The molecule has 68 valence electrons. The zero-order chi connectivity index (χ0) is 8.97. The Kier molecular flexibility index (Phi) is 3.17. The number of aliphatic hydroxyl groups is 1. The molecule has 1 rings (SSSR count). The van der Waals surface area contributed by atoms with E-state index in [0.717, 1.165) is 6.42 Å². The normalized spacial score (nSPS) is 23.0. The van der Waals surface area contributed by atoms with Crippen molar-refractivity contribution in [3.63, 3.8) is 0 Å². The van der Waals surface area contributed by atoms with Crippen LogP contribution in [0.25, 0.3) is 0 Å². The molecule has 1 unspecified atom stereocenters. The largest absolute Gasteiger partial charge is 0.504 e. The maximum absolute atomic E-state index is 9.38. The van der Waals surface area contributed by atoms with Crippen molar-refractivity contribution in [1.29, 1.82) is 0 Å². The summed E-state index contributed by atoms with van der Waals surface area (Å²) in [6.45, 7) is 2.22. The van der Waals surface area contributed by atoms with Gasteiger partial charge in [0, 0.05) is 7.11 Å². The molecule has 0 radical (unpaired) electrons. The predicted octanol–water partition coefficient (Wildman–Crippen LogP) is 1.97. The van der Waals surface area contributed by atoms with E-state index >= 15 is 0 Å². The van der Waals surface area contributed by atoms with E-state index in [1.807, 2.05) is 13.0 Å². The molecule has 0 fully saturated rings. The van der Waals surface area contributed by atoms with E-state index in [9.17, 15) is 5.11 Å². The zero-order valence-electron chi connectivity index (χ0n) is 7.41. The fourth-order valence-electron chi connectivity index (χ4n) is 1.07. The van der Waals surface area contributed by atoms with E-state index < -0.39 is 0 Å². The second kappa shape index (κ2) is 4.16. The summed E-state index contributed by atoms with van der Waals surface area (Å²) < 4.78 is 9.83. The van der Waals surface area contributed by atoms with E-state index in [0.29, 0.717) is 11.7 Å². The predicted molar refractivity (Wildman–Crippen MR) is 45.5 cm³/mol. The average Bonchev–Trinajstić information content (AvgIpc) is 2.03. The van der Waals surface area contributed by atoms with Crippen molar-refractivity contribution >= 4 is 0 Å². The lowest BCUT2D eigenvalue weighted by molar-refractivity contribution is 0.00221. The topological polar surface area (TPSA) is 38.7 Å². The van der Waals surface area contributed by atoms with Gasteiger partial charge in [0.05, 0.1) is 0 Å². The molecule has 1 N–H and O–H groups in total. The fourth-order valence-corrected chi connectivity index (χ4v) is 1.07. The van der Waals surface area contributed by atoms with Gasteiger partial charge in [-0.15, -0.1) is 0 Å². The molecule has 0 aliphatic heterocycles. The van der Waals surface area contributed by atoms with Crippen molar-refractivity contribution in [2.24, 2.45) is 5.92 Å². The molecule has 1 aliphatic carbocycles. The zero-order valence-corrected chi connectivity index (χ0v) is 7.41. The van der Waals surface area contributed by atoms with Crippen LogP contribution in [0.3, 0.4) is 0 Å². The maximum Gasteiger partial charge on any atom is 0.188 e.